The number of rotatable bonds is 8. The summed E-state index contributed by atoms with van der Waals surface area (Å²) in [4.78, 5) is 15.3. The molecule has 0 unspecified atom stereocenters. The van der Waals surface area contributed by atoms with E-state index in [0.29, 0.717) is 0 Å². The molecule has 4 heteroatoms. The molecule has 2 aromatic carbocycles. The van der Waals surface area contributed by atoms with E-state index in [0.717, 1.165) is 52.0 Å². The summed E-state index contributed by atoms with van der Waals surface area (Å²) in [6.07, 6.45) is 10.4. The monoisotopic (exact) mass is 469 g/mol. The minimum absolute atomic E-state index is 0.157. The van der Waals surface area contributed by atoms with Crippen LogP contribution in [0.2, 0.25) is 0 Å². The average molecular weight is 470 g/mol. The zero-order valence-electron chi connectivity index (χ0n) is 21.1. The van der Waals surface area contributed by atoms with Crippen LogP contribution in [0.4, 0.5) is 0 Å². The Balaban J connectivity index is 1.18. The SMILES string of the molecule is Cc1cccc(Cn2c(CN3CCC(C(=O)NCCC4=CCCCC4)CC3)cc3ccccc32)c1. The molecule has 3 aromatic rings. The second-order valence-electron chi connectivity index (χ2n) is 10.5. The lowest BCUT2D eigenvalue weighted by Gasteiger charge is -2.31. The molecule has 1 fully saturated rings. The number of allylic oxidation sites excluding steroid dienone is 1. The lowest BCUT2D eigenvalue weighted by atomic mass is 9.95. The minimum Gasteiger partial charge on any atom is -0.356 e. The Morgan fingerprint density at radius 2 is 1.86 bits per heavy atom. The summed E-state index contributed by atoms with van der Waals surface area (Å²) in [6, 6.07) is 19.9. The molecule has 0 saturated carbocycles. The number of carbonyl (C=O) groups excluding carboxylic acids is 1. The van der Waals surface area contributed by atoms with Crippen LogP contribution in [0.5, 0.6) is 0 Å². The van der Waals surface area contributed by atoms with E-state index in [9.17, 15) is 4.79 Å². The van der Waals surface area contributed by atoms with Gasteiger partial charge in [0.05, 0.1) is 0 Å². The molecular weight excluding hydrogens is 430 g/mol. The fraction of sp³-hybridized carbons (Fsp3) is 0.452. The number of likely N-dealkylation sites (tertiary alicyclic amines) is 1. The molecule has 184 valence electrons. The number of para-hydroxylation sites is 1. The quantitative estimate of drug-likeness (QED) is 0.398. The number of hydrogen-bond donors (Lipinski definition) is 1. The van der Waals surface area contributed by atoms with Gasteiger partial charge in [0.15, 0.2) is 0 Å². The summed E-state index contributed by atoms with van der Waals surface area (Å²) >= 11 is 0. The van der Waals surface area contributed by atoms with Crippen molar-refractivity contribution in [3.8, 4) is 0 Å². The van der Waals surface area contributed by atoms with E-state index < -0.39 is 0 Å². The summed E-state index contributed by atoms with van der Waals surface area (Å²) in [5.74, 6) is 0.416. The number of benzene rings is 2. The van der Waals surface area contributed by atoms with Crippen molar-refractivity contribution in [2.24, 2.45) is 5.92 Å². The lowest BCUT2D eigenvalue weighted by Crippen LogP contribution is -2.40. The predicted octanol–water partition coefficient (Wildman–Crippen LogP) is 6.22. The summed E-state index contributed by atoms with van der Waals surface area (Å²) in [5, 5.41) is 4.52. The zero-order chi connectivity index (χ0) is 24.0. The zero-order valence-corrected chi connectivity index (χ0v) is 21.1. The third-order valence-electron chi connectivity index (χ3n) is 7.79. The van der Waals surface area contributed by atoms with E-state index in [4.69, 9.17) is 0 Å². The number of nitrogens with one attached hydrogen (secondary N) is 1. The molecule has 0 radical (unpaired) electrons. The van der Waals surface area contributed by atoms with Crippen LogP contribution in [-0.4, -0.2) is 35.0 Å². The van der Waals surface area contributed by atoms with Crippen molar-refractivity contribution >= 4 is 16.8 Å². The Morgan fingerprint density at radius 3 is 2.66 bits per heavy atom. The fourth-order valence-electron chi connectivity index (χ4n) is 5.78. The van der Waals surface area contributed by atoms with Gasteiger partial charge in [0.2, 0.25) is 5.91 Å². The molecule has 2 aliphatic rings. The normalized spacial score (nSPS) is 17.5. The largest absolute Gasteiger partial charge is 0.356 e. The number of aromatic nitrogens is 1. The van der Waals surface area contributed by atoms with Crippen LogP contribution < -0.4 is 5.32 Å². The Bertz CT molecular complexity index is 1180. The highest BCUT2D eigenvalue weighted by molar-refractivity contribution is 5.81. The number of fused-ring (bicyclic) bond motifs is 1. The highest BCUT2D eigenvalue weighted by Gasteiger charge is 2.25. The molecule has 1 amide bonds. The van der Waals surface area contributed by atoms with Gasteiger partial charge in [-0.25, -0.2) is 0 Å². The molecule has 0 bridgehead atoms. The minimum atomic E-state index is 0.157. The van der Waals surface area contributed by atoms with Gasteiger partial charge in [0.1, 0.15) is 0 Å². The molecule has 0 atom stereocenters. The number of nitrogens with zero attached hydrogens (tertiary/aromatic N) is 2. The van der Waals surface area contributed by atoms with E-state index >= 15 is 0 Å². The lowest BCUT2D eigenvalue weighted by molar-refractivity contribution is -0.126. The summed E-state index contributed by atoms with van der Waals surface area (Å²) < 4.78 is 2.48. The number of carbonyl (C=O) groups is 1. The highest BCUT2D eigenvalue weighted by Crippen LogP contribution is 2.25. The molecule has 1 aromatic heterocycles. The second-order valence-corrected chi connectivity index (χ2v) is 10.5. The molecule has 4 nitrogen and oxygen atoms in total. The molecule has 1 N–H and O–H groups in total. The Hall–Kier alpha value is -2.85. The van der Waals surface area contributed by atoms with Crippen LogP contribution in [0.1, 0.15) is 61.8 Å². The molecular formula is C31H39N3O. The van der Waals surface area contributed by atoms with E-state index in [-0.39, 0.29) is 11.8 Å². The topological polar surface area (TPSA) is 37.3 Å². The molecule has 1 aliphatic carbocycles. The average Bonchev–Trinajstić information content (AvgIpc) is 3.22. The van der Waals surface area contributed by atoms with Gasteiger partial charge in [-0.15, -0.1) is 0 Å². The van der Waals surface area contributed by atoms with Crippen molar-refractivity contribution < 1.29 is 4.79 Å². The van der Waals surface area contributed by atoms with Gasteiger partial charge in [-0.2, -0.15) is 0 Å². The van der Waals surface area contributed by atoms with E-state index in [1.807, 2.05) is 0 Å². The van der Waals surface area contributed by atoms with Crippen LogP contribution in [0.15, 0.2) is 66.2 Å². The van der Waals surface area contributed by atoms with Crippen molar-refractivity contribution in [1.82, 2.24) is 14.8 Å². The number of hydrogen-bond acceptors (Lipinski definition) is 2. The van der Waals surface area contributed by atoms with Gasteiger partial charge >= 0.3 is 0 Å². The summed E-state index contributed by atoms with van der Waals surface area (Å²) in [5.41, 5.74) is 6.83. The van der Waals surface area contributed by atoms with Crippen molar-refractivity contribution in [3.63, 3.8) is 0 Å². The van der Waals surface area contributed by atoms with E-state index in [1.165, 1.54) is 59.0 Å². The predicted molar refractivity (Wildman–Crippen MR) is 144 cm³/mol. The van der Waals surface area contributed by atoms with Gasteiger partial charge in [0.25, 0.3) is 0 Å². The third-order valence-corrected chi connectivity index (χ3v) is 7.79. The Morgan fingerprint density at radius 1 is 1.00 bits per heavy atom. The van der Waals surface area contributed by atoms with Crippen LogP contribution in [0, 0.1) is 12.8 Å². The first-order chi connectivity index (χ1) is 17.2. The molecule has 1 aliphatic heterocycles. The Kier molecular flexibility index (Phi) is 7.68. The number of piperidine rings is 1. The first-order valence-corrected chi connectivity index (χ1v) is 13.5. The molecule has 1 saturated heterocycles. The smallest absolute Gasteiger partial charge is 0.223 e. The maximum absolute atomic E-state index is 12.8. The standard InChI is InChI=1S/C31H39N3O/c1-24-8-7-11-26(20-24)22-34-29(21-28-12-5-6-13-30(28)34)23-33-18-15-27(16-19-33)31(35)32-17-14-25-9-3-2-4-10-25/h5-9,11-13,20-21,27H,2-4,10,14-19,22-23H2,1H3,(H,32,35). The van der Waals surface area contributed by atoms with Crippen LogP contribution in [0.25, 0.3) is 10.9 Å². The molecule has 5 rings (SSSR count). The van der Waals surface area contributed by atoms with Gasteiger partial charge in [-0.1, -0.05) is 59.7 Å². The van der Waals surface area contributed by atoms with Gasteiger partial charge in [0, 0.05) is 36.8 Å². The first kappa shape index (κ1) is 23.9. The van der Waals surface area contributed by atoms with Crippen LogP contribution in [-0.2, 0) is 17.9 Å². The van der Waals surface area contributed by atoms with Crippen molar-refractivity contribution in [2.75, 3.05) is 19.6 Å². The van der Waals surface area contributed by atoms with Crippen molar-refractivity contribution in [1.29, 1.82) is 0 Å². The van der Waals surface area contributed by atoms with Crippen LogP contribution in [0.3, 0.4) is 0 Å². The van der Waals surface area contributed by atoms with Gasteiger partial charge in [-0.05, 0) is 88.0 Å². The molecule has 0 spiro atoms. The van der Waals surface area contributed by atoms with Crippen LogP contribution >= 0.6 is 0 Å². The second kappa shape index (κ2) is 11.3. The third kappa shape index (κ3) is 6.05. The number of amides is 1. The van der Waals surface area contributed by atoms with Crippen molar-refractivity contribution in [2.45, 2.75) is 65.0 Å². The highest BCUT2D eigenvalue weighted by atomic mass is 16.1. The van der Waals surface area contributed by atoms with Gasteiger partial charge < -0.3 is 9.88 Å². The Labute approximate surface area is 210 Å². The molecule has 35 heavy (non-hydrogen) atoms. The van der Waals surface area contributed by atoms with E-state index in [1.54, 1.807) is 0 Å². The van der Waals surface area contributed by atoms with E-state index in [2.05, 4.69) is 82.4 Å². The number of aryl methyl sites for hydroxylation is 1. The van der Waals surface area contributed by atoms with Crippen molar-refractivity contribution in [3.05, 3.63) is 83.1 Å². The summed E-state index contributed by atoms with van der Waals surface area (Å²) in [7, 11) is 0. The first-order valence-electron chi connectivity index (χ1n) is 13.5. The maximum atomic E-state index is 12.8. The fourth-order valence-corrected chi connectivity index (χ4v) is 5.78. The molecule has 2 heterocycles. The maximum Gasteiger partial charge on any atom is 0.223 e. The summed E-state index contributed by atoms with van der Waals surface area (Å²) in [6.45, 7) is 6.74. The van der Waals surface area contributed by atoms with Gasteiger partial charge in [-0.3, -0.25) is 9.69 Å².